The molecule has 1 nitrogen and oxygen atoms in total. The lowest BCUT2D eigenvalue weighted by molar-refractivity contribution is 0.512. The van der Waals surface area contributed by atoms with Crippen LogP contribution >= 0.6 is 0 Å². The maximum Gasteiger partial charge on any atom is 0.135 e. The molecule has 6 aromatic rings. The molecule has 0 aromatic heterocycles. The van der Waals surface area contributed by atoms with E-state index in [-0.39, 0.29) is 0 Å². The van der Waals surface area contributed by atoms with Gasteiger partial charge in [0.2, 0.25) is 0 Å². The van der Waals surface area contributed by atoms with E-state index in [1.807, 2.05) is 18.2 Å². The highest BCUT2D eigenvalue weighted by Gasteiger charge is 2.21. The predicted octanol–water partition coefficient (Wildman–Crippen LogP) is 9.25. The van der Waals surface area contributed by atoms with Crippen LogP contribution in [0.4, 0.5) is 0 Å². The van der Waals surface area contributed by atoms with Crippen LogP contribution in [-0.2, 0) is 0 Å². The molecule has 0 spiro atoms. The van der Waals surface area contributed by atoms with E-state index in [4.69, 9.17) is 4.74 Å². The van der Waals surface area contributed by atoms with Gasteiger partial charge in [-0.15, -0.1) is 0 Å². The molecule has 0 aliphatic carbocycles. The molecule has 0 bridgehead atoms. The van der Waals surface area contributed by atoms with E-state index in [0.717, 1.165) is 33.8 Å². The first-order chi connectivity index (χ1) is 17.3. The molecule has 0 saturated heterocycles. The zero-order chi connectivity index (χ0) is 23.4. The van der Waals surface area contributed by atoms with Gasteiger partial charge in [0, 0.05) is 11.1 Å². The van der Waals surface area contributed by atoms with E-state index in [1.54, 1.807) is 0 Å². The normalized spacial score (nSPS) is 14.3. The highest BCUT2D eigenvalue weighted by molar-refractivity contribution is 6.23. The lowest BCUT2D eigenvalue weighted by atomic mass is 9.90. The first-order valence-electron chi connectivity index (χ1n) is 11.9. The Hall–Kier alpha value is -4.62. The van der Waals surface area contributed by atoms with Crippen LogP contribution in [0.1, 0.15) is 11.1 Å². The number of ether oxygens (including phenoxy) is 1. The van der Waals surface area contributed by atoms with E-state index in [0.29, 0.717) is 0 Å². The van der Waals surface area contributed by atoms with Gasteiger partial charge in [-0.3, -0.25) is 0 Å². The Morgan fingerprint density at radius 1 is 0.600 bits per heavy atom. The Bertz CT molecular complexity index is 1770. The van der Waals surface area contributed by atoms with Crippen molar-refractivity contribution >= 4 is 43.6 Å². The minimum Gasteiger partial charge on any atom is -0.456 e. The molecular weight excluding hydrogens is 424 g/mol. The highest BCUT2D eigenvalue weighted by atomic mass is 16.5. The van der Waals surface area contributed by atoms with Gasteiger partial charge in [-0.05, 0) is 73.3 Å². The number of fused-ring (bicyclic) bond motifs is 3. The Labute approximate surface area is 204 Å². The molecule has 0 fully saturated rings. The summed E-state index contributed by atoms with van der Waals surface area (Å²) < 4.78 is 6.44. The van der Waals surface area contributed by atoms with Crippen LogP contribution in [0.25, 0.3) is 54.8 Å². The topological polar surface area (TPSA) is 9.23 Å². The lowest BCUT2D eigenvalue weighted by Crippen LogP contribution is -2.05. The molecule has 0 unspecified atom stereocenters. The predicted molar refractivity (Wildman–Crippen MR) is 149 cm³/mol. The van der Waals surface area contributed by atoms with Crippen LogP contribution in [0.15, 0.2) is 128 Å². The number of hydrogen-bond acceptors (Lipinski definition) is 1. The monoisotopic (exact) mass is 446 g/mol. The van der Waals surface area contributed by atoms with Gasteiger partial charge < -0.3 is 4.74 Å². The van der Waals surface area contributed by atoms with Crippen molar-refractivity contribution in [2.75, 3.05) is 0 Å². The number of allylic oxidation sites excluding steroid dienone is 4. The third-order valence-corrected chi connectivity index (χ3v) is 6.97. The molecule has 6 aromatic carbocycles. The molecule has 0 amide bonds. The number of para-hydroxylation sites is 1. The van der Waals surface area contributed by atoms with Gasteiger partial charge in [-0.2, -0.15) is 0 Å². The van der Waals surface area contributed by atoms with Gasteiger partial charge in [0.15, 0.2) is 0 Å². The highest BCUT2D eigenvalue weighted by Crippen LogP contribution is 2.43. The fourth-order valence-corrected chi connectivity index (χ4v) is 5.41. The molecule has 35 heavy (non-hydrogen) atoms. The first kappa shape index (κ1) is 19.8. The van der Waals surface area contributed by atoms with Crippen molar-refractivity contribution in [2.24, 2.45) is 0 Å². The Balaban J connectivity index is 1.43. The quantitative estimate of drug-likeness (QED) is 0.194. The molecule has 7 rings (SSSR count). The molecular formula is C34H22O. The summed E-state index contributed by atoms with van der Waals surface area (Å²) in [5.74, 6) is 1.73. The molecule has 1 heteroatoms. The largest absolute Gasteiger partial charge is 0.456 e. The van der Waals surface area contributed by atoms with E-state index in [2.05, 4.69) is 110 Å². The standard InChI is InChI=1S/C34H22O/c1-2-8-24(21-32-30-13-4-3-11-28(30)29-12-5-6-14-31(29)35-32)27-19-25-17-15-22-9-7-10-23-16-18-26(20-27)34(25)33(22)23/h2-21H,1H2/b24-8+,32-21-. The maximum atomic E-state index is 6.44. The van der Waals surface area contributed by atoms with Crippen LogP contribution in [-0.4, -0.2) is 0 Å². The second-order valence-corrected chi connectivity index (χ2v) is 9.02. The van der Waals surface area contributed by atoms with Gasteiger partial charge in [-0.25, -0.2) is 0 Å². The summed E-state index contributed by atoms with van der Waals surface area (Å²) in [7, 11) is 0. The summed E-state index contributed by atoms with van der Waals surface area (Å²) in [6, 6.07) is 36.6. The van der Waals surface area contributed by atoms with Crippen molar-refractivity contribution < 1.29 is 4.74 Å². The zero-order valence-electron chi connectivity index (χ0n) is 19.2. The molecule has 1 heterocycles. The van der Waals surface area contributed by atoms with Crippen LogP contribution < -0.4 is 4.74 Å². The minimum atomic E-state index is 0.845. The van der Waals surface area contributed by atoms with Crippen molar-refractivity contribution in [3.63, 3.8) is 0 Å². The molecule has 164 valence electrons. The number of hydrogen-bond donors (Lipinski definition) is 0. The Morgan fingerprint density at radius 2 is 1.20 bits per heavy atom. The summed E-state index contributed by atoms with van der Waals surface area (Å²) in [5, 5.41) is 7.70. The molecule has 0 atom stereocenters. The molecule has 0 N–H and O–H groups in total. The summed E-state index contributed by atoms with van der Waals surface area (Å²) in [4.78, 5) is 0. The lowest BCUT2D eigenvalue weighted by Gasteiger charge is -2.23. The SMILES string of the molecule is C=C/C=C(\C=C1/Oc2ccccc2-c2ccccc21)c1cc2ccc3cccc4ccc(c1)c2c34. The fourth-order valence-electron chi connectivity index (χ4n) is 5.41. The molecule has 0 saturated carbocycles. The van der Waals surface area contributed by atoms with Gasteiger partial charge in [-0.1, -0.05) is 104 Å². The van der Waals surface area contributed by atoms with Crippen LogP contribution in [0.2, 0.25) is 0 Å². The molecule has 1 aliphatic heterocycles. The zero-order valence-corrected chi connectivity index (χ0v) is 19.2. The summed E-state index contributed by atoms with van der Waals surface area (Å²) in [5.41, 5.74) is 5.61. The average Bonchev–Trinajstić information content (AvgIpc) is 2.91. The van der Waals surface area contributed by atoms with Gasteiger partial charge in [0.05, 0.1) is 0 Å². The smallest absolute Gasteiger partial charge is 0.135 e. The van der Waals surface area contributed by atoms with Crippen molar-refractivity contribution in [3.8, 4) is 16.9 Å². The maximum absolute atomic E-state index is 6.44. The van der Waals surface area contributed by atoms with Crippen LogP contribution in [0, 0.1) is 0 Å². The van der Waals surface area contributed by atoms with Crippen LogP contribution in [0.5, 0.6) is 5.75 Å². The second-order valence-electron chi connectivity index (χ2n) is 9.02. The first-order valence-corrected chi connectivity index (χ1v) is 11.9. The van der Waals surface area contributed by atoms with Gasteiger partial charge in [0.1, 0.15) is 11.5 Å². The second kappa shape index (κ2) is 7.72. The van der Waals surface area contributed by atoms with Gasteiger partial charge >= 0.3 is 0 Å². The summed E-state index contributed by atoms with van der Waals surface area (Å²) in [6.45, 7) is 3.99. The number of rotatable bonds is 3. The third kappa shape index (κ3) is 3.09. The van der Waals surface area contributed by atoms with Gasteiger partial charge in [0.25, 0.3) is 0 Å². The fraction of sp³-hybridized carbons (Fsp3) is 0. The number of benzene rings is 6. The van der Waals surface area contributed by atoms with E-state index < -0.39 is 0 Å². The summed E-state index contributed by atoms with van der Waals surface area (Å²) in [6.07, 6.45) is 6.05. The Kier molecular flexibility index (Phi) is 4.37. The van der Waals surface area contributed by atoms with Crippen molar-refractivity contribution in [3.05, 3.63) is 139 Å². The van der Waals surface area contributed by atoms with Crippen molar-refractivity contribution in [1.29, 1.82) is 0 Å². The third-order valence-electron chi connectivity index (χ3n) is 6.97. The molecule has 1 aliphatic rings. The summed E-state index contributed by atoms with van der Waals surface area (Å²) >= 11 is 0. The van der Waals surface area contributed by atoms with E-state index >= 15 is 0 Å². The van der Waals surface area contributed by atoms with Crippen molar-refractivity contribution in [1.82, 2.24) is 0 Å². The average molecular weight is 447 g/mol. The van der Waals surface area contributed by atoms with Crippen molar-refractivity contribution in [2.45, 2.75) is 0 Å². The van der Waals surface area contributed by atoms with E-state index in [1.165, 1.54) is 37.9 Å². The van der Waals surface area contributed by atoms with Crippen LogP contribution in [0.3, 0.4) is 0 Å². The Morgan fingerprint density at radius 3 is 1.91 bits per heavy atom. The molecule has 0 radical (unpaired) electrons. The van der Waals surface area contributed by atoms with E-state index in [9.17, 15) is 0 Å². The minimum absolute atomic E-state index is 0.845.